The highest BCUT2D eigenvalue weighted by molar-refractivity contribution is 7.91. The number of para-hydroxylation sites is 1. The van der Waals surface area contributed by atoms with Crippen LogP contribution in [0.2, 0.25) is 0 Å². The van der Waals surface area contributed by atoms with E-state index < -0.39 is 15.9 Å². The van der Waals surface area contributed by atoms with Crippen molar-refractivity contribution in [3.63, 3.8) is 0 Å². The van der Waals surface area contributed by atoms with Gasteiger partial charge in [-0.15, -0.1) is 0 Å². The lowest BCUT2D eigenvalue weighted by atomic mass is 10.3. The first kappa shape index (κ1) is 15.0. The number of aliphatic hydroxyl groups is 1. The summed E-state index contributed by atoms with van der Waals surface area (Å²) in [7, 11) is -3.18. The van der Waals surface area contributed by atoms with Crippen molar-refractivity contribution in [2.24, 2.45) is 0 Å². The van der Waals surface area contributed by atoms with E-state index in [9.17, 15) is 13.5 Å². The van der Waals surface area contributed by atoms with E-state index in [2.05, 4.69) is 0 Å². The molecule has 0 amide bonds. The molecule has 18 heavy (non-hydrogen) atoms. The van der Waals surface area contributed by atoms with Crippen LogP contribution in [0.15, 0.2) is 30.3 Å². The molecule has 0 aliphatic carbocycles. The summed E-state index contributed by atoms with van der Waals surface area (Å²) >= 11 is 0. The molecule has 0 saturated carbocycles. The Hall–Kier alpha value is -1.07. The Kier molecular flexibility index (Phi) is 6.15. The number of aliphatic hydroxyl groups excluding tert-OH is 1. The largest absolute Gasteiger partial charge is 0.491 e. The molecule has 0 aromatic heterocycles. The van der Waals surface area contributed by atoms with Crippen LogP contribution in [0.1, 0.15) is 19.8 Å². The Morgan fingerprint density at radius 3 is 2.56 bits per heavy atom. The summed E-state index contributed by atoms with van der Waals surface area (Å²) in [6, 6.07) is 9.02. The van der Waals surface area contributed by atoms with Crippen LogP contribution < -0.4 is 4.74 Å². The molecule has 0 radical (unpaired) electrons. The predicted molar refractivity (Wildman–Crippen MR) is 71.5 cm³/mol. The third-order valence-electron chi connectivity index (χ3n) is 2.44. The first-order chi connectivity index (χ1) is 8.53. The fraction of sp³-hybridized carbons (Fsp3) is 0.538. The molecule has 1 unspecified atom stereocenters. The van der Waals surface area contributed by atoms with Crippen LogP contribution in [0, 0.1) is 0 Å². The lowest BCUT2D eigenvalue weighted by Crippen LogP contribution is -2.28. The lowest BCUT2D eigenvalue weighted by Gasteiger charge is -2.12. The molecule has 0 aliphatic rings. The highest BCUT2D eigenvalue weighted by atomic mass is 32.2. The normalized spacial score (nSPS) is 13.2. The highest BCUT2D eigenvalue weighted by Gasteiger charge is 2.17. The predicted octanol–water partition coefficient (Wildman–Crippen LogP) is 1.64. The number of ether oxygens (including phenoxy) is 1. The van der Waals surface area contributed by atoms with Crippen molar-refractivity contribution in [3.05, 3.63) is 30.3 Å². The molecule has 0 aliphatic heterocycles. The minimum absolute atomic E-state index is 0.00459. The molecule has 0 heterocycles. The second-order valence-electron chi connectivity index (χ2n) is 4.25. The van der Waals surface area contributed by atoms with Gasteiger partial charge in [-0.25, -0.2) is 8.42 Å². The van der Waals surface area contributed by atoms with Crippen molar-refractivity contribution < 1.29 is 18.3 Å². The van der Waals surface area contributed by atoms with Crippen molar-refractivity contribution in [1.29, 1.82) is 0 Å². The molecule has 1 atom stereocenters. The Labute approximate surface area is 109 Å². The smallest absolute Gasteiger partial charge is 0.152 e. The molecule has 0 bridgehead atoms. The summed E-state index contributed by atoms with van der Waals surface area (Å²) in [6.45, 7) is 1.93. The Morgan fingerprint density at radius 1 is 1.28 bits per heavy atom. The Bertz CT molecular complexity index is 428. The molecular formula is C13H20O4S. The van der Waals surface area contributed by atoms with Gasteiger partial charge in [0.15, 0.2) is 9.84 Å². The number of sulfone groups is 1. The van der Waals surface area contributed by atoms with Crippen LogP contribution in [-0.4, -0.2) is 37.7 Å². The van der Waals surface area contributed by atoms with Crippen molar-refractivity contribution >= 4 is 9.84 Å². The monoisotopic (exact) mass is 272 g/mol. The Morgan fingerprint density at radius 2 is 1.94 bits per heavy atom. The van der Waals surface area contributed by atoms with E-state index in [1.807, 2.05) is 25.1 Å². The standard InChI is InChI=1S/C13H20O4S/c1-2-3-9-18(15,16)11-12(14)10-17-13-7-5-4-6-8-13/h4-8,12,14H,2-3,9-11H2,1H3. The van der Waals surface area contributed by atoms with Gasteiger partial charge in [-0.3, -0.25) is 0 Å². The van der Waals surface area contributed by atoms with Crippen molar-refractivity contribution in [2.75, 3.05) is 18.1 Å². The molecule has 4 nitrogen and oxygen atoms in total. The minimum Gasteiger partial charge on any atom is -0.491 e. The number of rotatable bonds is 8. The van der Waals surface area contributed by atoms with Gasteiger partial charge in [0.2, 0.25) is 0 Å². The van der Waals surface area contributed by atoms with Crippen LogP contribution in [0.4, 0.5) is 0 Å². The molecule has 5 heteroatoms. The van der Waals surface area contributed by atoms with Gasteiger partial charge in [0.05, 0.1) is 11.5 Å². The van der Waals surface area contributed by atoms with E-state index in [1.165, 1.54) is 0 Å². The zero-order valence-corrected chi connectivity index (χ0v) is 11.4. The van der Waals surface area contributed by atoms with Crippen LogP contribution in [-0.2, 0) is 9.84 Å². The lowest BCUT2D eigenvalue weighted by molar-refractivity contribution is 0.125. The van der Waals surface area contributed by atoms with Crippen LogP contribution in [0.3, 0.4) is 0 Å². The quantitative estimate of drug-likeness (QED) is 0.781. The van der Waals surface area contributed by atoms with Gasteiger partial charge in [-0.1, -0.05) is 31.5 Å². The summed E-state index contributed by atoms with van der Waals surface area (Å²) in [5.74, 6) is 0.522. The van der Waals surface area contributed by atoms with Gasteiger partial charge in [0.25, 0.3) is 0 Å². The molecule has 0 spiro atoms. The van der Waals surface area contributed by atoms with Gasteiger partial charge in [-0.2, -0.15) is 0 Å². The Balaban J connectivity index is 2.35. The zero-order valence-electron chi connectivity index (χ0n) is 10.6. The van der Waals surface area contributed by atoms with Gasteiger partial charge < -0.3 is 9.84 Å². The zero-order chi connectivity index (χ0) is 13.4. The highest BCUT2D eigenvalue weighted by Crippen LogP contribution is 2.09. The molecule has 0 saturated heterocycles. The van der Waals surface area contributed by atoms with E-state index in [1.54, 1.807) is 12.1 Å². The van der Waals surface area contributed by atoms with E-state index >= 15 is 0 Å². The third kappa shape index (κ3) is 6.02. The first-order valence-electron chi connectivity index (χ1n) is 6.10. The molecular weight excluding hydrogens is 252 g/mol. The van der Waals surface area contributed by atoms with E-state index in [4.69, 9.17) is 4.74 Å². The summed E-state index contributed by atoms with van der Waals surface area (Å²) in [5, 5.41) is 9.64. The van der Waals surface area contributed by atoms with Crippen molar-refractivity contribution in [3.8, 4) is 5.75 Å². The van der Waals surface area contributed by atoms with Crippen molar-refractivity contribution in [1.82, 2.24) is 0 Å². The van der Waals surface area contributed by atoms with E-state index in [-0.39, 0.29) is 18.1 Å². The summed E-state index contributed by atoms with van der Waals surface area (Å²) in [4.78, 5) is 0. The summed E-state index contributed by atoms with van der Waals surface area (Å²) < 4.78 is 28.5. The molecule has 1 rings (SSSR count). The number of hydrogen-bond donors (Lipinski definition) is 1. The number of unbranched alkanes of at least 4 members (excludes halogenated alkanes) is 1. The van der Waals surface area contributed by atoms with Crippen LogP contribution >= 0.6 is 0 Å². The minimum atomic E-state index is -3.18. The van der Waals surface area contributed by atoms with E-state index in [0.29, 0.717) is 12.2 Å². The van der Waals surface area contributed by atoms with Gasteiger partial charge in [-0.05, 0) is 18.6 Å². The third-order valence-corrected chi connectivity index (χ3v) is 4.24. The van der Waals surface area contributed by atoms with Gasteiger partial charge in [0, 0.05) is 0 Å². The fourth-order valence-electron chi connectivity index (χ4n) is 1.50. The second kappa shape index (κ2) is 7.38. The number of benzene rings is 1. The average Bonchev–Trinajstić information content (AvgIpc) is 2.35. The molecule has 1 N–H and O–H groups in total. The van der Waals surface area contributed by atoms with Gasteiger partial charge >= 0.3 is 0 Å². The number of hydrogen-bond acceptors (Lipinski definition) is 4. The van der Waals surface area contributed by atoms with Gasteiger partial charge in [0.1, 0.15) is 18.5 Å². The average molecular weight is 272 g/mol. The molecule has 1 aromatic carbocycles. The topological polar surface area (TPSA) is 63.6 Å². The van der Waals surface area contributed by atoms with Crippen LogP contribution in [0.25, 0.3) is 0 Å². The van der Waals surface area contributed by atoms with E-state index in [0.717, 1.165) is 6.42 Å². The maximum absolute atomic E-state index is 11.6. The maximum Gasteiger partial charge on any atom is 0.152 e. The maximum atomic E-state index is 11.6. The molecule has 102 valence electrons. The first-order valence-corrected chi connectivity index (χ1v) is 7.92. The SMILES string of the molecule is CCCCS(=O)(=O)CC(O)COc1ccccc1. The molecule has 0 fully saturated rings. The fourth-order valence-corrected chi connectivity index (χ4v) is 3.08. The summed E-state index contributed by atoms with van der Waals surface area (Å²) in [5.41, 5.74) is 0. The molecule has 1 aromatic rings. The second-order valence-corrected chi connectivity index (χ2v) is 6.47. The summed E-state index contributed by atoms with van der Waals surface area (Å²) in [6.07, 6.45) is 0.483. The van der Waals surface area contributed by atoms with Crippen LogP contribution in [0.5, 0.6) is 5.75 Å². The van der Waals surface area contributed by atoms with Crippen molar-refractivity contribution in [2.45, 2.75) is 25.9 Å².